The maximum absolute atomic E-state index is 12.2. The molecule has 1 aromatic heterocycles. The number of rotatable bonds is 6. The van der Waals surface area contributed by atoms with Gasteiger partial charge >= 0.3 is 0 Å². The molecule has 1 unspecified atom stereocenters. The van der Waals surface area contributed by atoms with Gasteiger partial charge in [0.1, 0.15) is 5.52 Å². The minimum Gasteiger partial charge on any atom is -0.423 e. The third-order valence-electron chi connectivity index (χ3n) is 4.50. The fourth-order valence-electron chi connectivity index (χ4n) is 3.31. The van der Waals surface area contributed by atoms with Crippen LogP contribution in [0.5, 0.6) is 0 Å². The van der Waals surface area contributed by atoms with Gasteiger partial charge in [0.25, 0.3) is 6.01 Å². The Balaban J connectivity index is 1.54. The standard InChI is InChI=1S/C19H25ClN4O3/c1-12(2)22-18(26)10-21-17(25)8-13-4-3-7-24(11-13)19-23-15-6-5-14(20)9-16(15)27-19/h5-6,9,12-13H,3-4,7-8,10-11H2,1-2H3,(H,21,25)(H,22,26). The number of carbonyl (C=O) groups excluding carboxylic acids is 2. The van der Waals surface area contributed by atoms with E-state index in [2.05, 4.69) is 20.5 Å². The number of anilines is 1. The van der Waals surface area contributed by atoms with Gasteiger partial charge in [-0.3, -0.25) is 9.59 Å². The van der Waals surface area contributed by atoms with Gasteiger partial charge in [0.05, 0.1) is 6.54 Å². The molecular formula is C19H25ClN4O3. The van der Waals surface area contributed by atoms with Crippen LogP contribution in [0, 0.1) is 5.92 Å². The number of hydrogen-bond donors (Lipinski definition) is 2. The van der Waals surface area contributed by atoms with Crippen molar-refractivity contribution in [3.63, 3.8) is 0 Å². The molecule has 0 aliphatic carbocycles. The lowest BCUT2D eigenvalue weighted by molar-refractivity contribution is -0.126. The summed E-state index contributed by atoms with van der Waals surface area (Å²) in [6.45, 7) is 5.33. The molecular weight excluding hydrogens is 368 g/mol. The highest BCUT2D eigenvalue weighted by Gasteiger charge is 2.25. The van der Waals surface area contributed by atoms with Crippen molar-refractivity contribution in [2.24, 2.45) is 5.92 Å². The van der Waals surface area contributed by atoms with Crippen molar-refractivity contribution in [2.75, 3.05) is 24.5 Å². The quantitative estimate of drug-likeness (QED) is 0.789. The van der Waals surface area contributed by atoms with E-state index >= 15 is 0 Å². The second-order valence-electron chi connectivity index (χ2n) is 7.27. The number of nitrogens with zero attached hydrogens (tertiary/aromatic N) is 2. The Labute approximate surface area is 163 Å². The molecule has 0 radical (unpaired) electrons. The molecule has 1 atom stereocenters. The Kier molecular flexibility index (Phi) is 6.21. The Bertz CT molecular complexity index is 820. The molecule has 0 spiro atoms. The summed E-state index contributed by atoms with van der Waals surface area (Å²) in [5.41, 5.74) is 1.43. The minimum atomic E-state index is -0.172. The Morgan fingerprint density at radius 1 is 1.37 bits per heavy atom. The van der Waals surface area contributed by atoms with Crippen LogP contribution in [-0.2, 0) is 9.59 Å². The van der Waals surface area contributed by atoms with Crippen LogP contribution in [0.3, 0.4) is 0 Å². The van der Waals surface area contributed by atoms with E-state index in [1.165, 1.54) is 0 Å². The first-order valence-corrected chi connectivity index (χ1v) is 9.65. The number of benzene rings is 1. The average Bonchev–Trinajstić information content (AvgIpc) is 3.03. The molecule has 3 rings (SSSR count). The van der Waals surface area contributed by atoms with Crippen molar-refractivity contribution < 1.29 is 14.0 Å². The highest BCUT2D eigenvalue weighted by atomic mass is 35.5. The van der Waals surface area contributed by atoms with Gasteiger partial charge in [0.15, 0.2) is 5.58 Å². The molecule has 8 heteroatoms. The average molecular weight is 393 g/mol. The van der Waals surface area contributed by atoms with Crippen LogP contribution < -0.4 is 15.5 Å². The SMILES string of the molecule is CC(C)NC(=O)CNC(=O)CC1CCCN(c2nc3ccc(Cl)cc3o2)C1. The van der Waals surface area contributed by atoms with Crippen LogP contribution in [-0.4, -0.2) is 42.5 Å². The van der Waals surface area contributed by atoms with Crippen molar-refractivity contribution in [1.82, 2.24) is 15.6 Å². The number of piperidine rings is 1. The second kappa shape index (κ2) is 8.61. The second-order valence-corrected chi connectivity index (χ2v) is 7.70. The van der Waals surface area contributed by atoms with E-state index in [9.17, 15) is 9.59 Å². The number of hydrogen-bond acceptors (Lipinski definition) is 5. The van der Waals surface area contributed by atoms with E-state index in [0.717, 1.165) is 24.9 Å². The number of aromatic nitrogens is 1. The van der Waals surface area contributed by atoms with Gasteiger partial charge in [-0.2, -0.15) is 4.98 Å². The number of amides is 2. The van der Waals surface area contributed by atoms with Gasteiger partial charge in [-0.05, 0) is 44.7 Å². The van der Waals surface area contributed by atoms with Crippen molar-refractivity contribution in [3.05, 3.63) is 23.2 Å². The van der Waals surface area contributed by atoms with Crippen LogP contribution in [0.25, 0.3) is 11.1 Å². The Hall–Kier alpha value is -2.28. The molecule has 2 N–H and O–H groups in total. The van der Waals surface area contributed by atoms with Gasteiger partial charge in [0, 0.05) is 36.6 Å². The number of fused-ring (bicyclic) bond motifs is 1. The summed E-state index contributed by atoms with van der Waals surface area (Å²) >= 11 is 6.00. The molecule has 27 heavy (non-hydrogen) atoms. The maximum atomic E-state index is 12.2. The normalized spacial score (nSPS) is 17.3. The zero-order valence-electron chi connectivity index (χ0n) is 15.6. The molecule has 1 aliphatic heterocycles. The summed E-state index contributed by atoms with van der Waals surface area (Å²) in [6, 6.07) is 6.00. The summed E-state index contributed by atoms with van der Waals surface area (Å²) in [5, 5.41) is 6.06. The molecule has 2 aromatic rings. The van der Waals surface area contributed by atoms with Crippen LogP contribution in [0.2, 0.25) is 5.02 Å². The molecule has 1 aliphatic rings. The van der Waals surface area contributed by atoms with Gasteiger partial charge in [0.2, 0.25) is 11.8 Å². The lowest BCUT2D eigenvalue weighted by atomic mass is 9.94. The number of carbonyl (C=O) groups is 2. The molecule has 0 saturated carbocycles. The van der Waals surface area contributed by atoms with Crippen molar-refractivity contribution >= 4 is 40.5 Å². The van der Waals surface area contributed by atoms with Crippen LogP contribution in [0.4, 0.5) is 6.01 Å². The van der Waals surface area contributed by atoms with Gasteiger partial charge in [-0.25, -0.2) is 0 Å². The summed E-state index contributed by atoms with van der Waals surface area (Å²) in [5.74, 6) is -0.0793. The van der Waals surface area contributed by atoms with Gasteiger partial charge < -0.3 is 20.0 Å². The highest BCUT2D eigenvalue weighted by Crippen LogP contribution is 2.28. The zero-order chi connectivity index (χ0) is 19.4. The predicted molar refractivity (Wildman–Crippen MR) is 105 cm³/mol. The minimum absolute atomic E-state index is 0.0132. The molecule has 7 nitrogen and oxygen atoms in total. The lowest BCUT2D eigenvalue weighted by Gasteiger charge is -2.31. The van der Waals surface area contributed by atoms with Gasteiger partial charge in [-0.1, -0.05) is 11.6 Å². The third kappa shape index (κ3) is 5.35. The predicted octanol–water partition coefficient (Wildman–Crippen LogP) is 2.73. The molecule has 2 amide bonds. The zero-order valence-corrected chi connectivity index (χ0v) is 16.4. The summed E-state index contributed by atoms with van der Waals surface area (Å²) < 4.78 is 5.83. The molecule has 1 fully saturated rings. The lowest BCUT2D eigenvalue weighted by Crippen LogP contribution is -2.42. The first-order chi connectivity index (χ1) is 12.9. The molecule has 2 heterocycles. The van der Waals surface area contributed by atoms with E-state index in [-0.39, 0.29) is 30.3 Å². The molecule has 1 saturated heterocycles. The molecule has 0 bridgehead atoms. The van der Waals surface area contributed by atoms with E-state index in [0.29, 0.717) is 29.6 Å². The van der Waals surface area contributed by atoms with Crippen molar-refractivity contribution in [1.29, 1.82) is 0 Å². The van der Waals surface area contributed by atoms with E-state index < -0.39 is 0 Å². The number of oxazole rings is 1. The maximum Gasteiger partial charge on any atom is 0.298 e. The molecule has 1 aromatic carbocycles. The number of halogens is 1. The fraction of sp³-hybridized carbons (Fsp3) is 0.526. The summed E-state index contributed by atoms with van der Waals surface area (Å²) in [6.07, 6.45) is 2.32. The van der Waals surface area contributed by atoms with Crippen LogP contribution >= 0.6 is 11.6 Å². The topological polar surface area (TPSA) is 87.5 Å². The first kappa shape index (κ1) is 19.5. The van der Waals surface area contributed by atoms with Crippen molar-refractivity contribution in [2.45, 2.75) is 39.2 Å². The highest BCUT2D eigenvalue weighted by molar-refractivity contribution is 6.31. The monoisotopic (exact) mass is 392 g/mol. The van der Waals surface area contributed by atoms with E-state index in [4.69, 9.17) is 16.0 Å². The first-order valence-electron chi connectivity index (χ1n) is 9.28. The number of nitrogens with one attached hydrogen (secondary N) is 2. The summed E-state index contributed by atoms with van der Waals surface area (Å²) in [7, 11) is 0. The van der Waals surface area contributed by atoms with Crippen molar-refractivity contribution in [3.8, 4) is 0 Å². The molecule has 146 valence electrons. The fourth-order valence-corrected chi connectivity index (χ4v) is 3.48. The van der Waals surface area contributed by atoms with E-state index in [1.807, 2.05) is 19.9 Å². The van der Waals surface area contributed by atoms with Gasteiger partial charge in [-0.15, -0.1) is 0 Å². The van der Waals surface area contributed by atoms with Crippen LogP contribution in [0.1, 0.15) is 33.1 Å². The van der Waals surface area contributed by atoms with Crippen LogP contribution in [0.15, 0.2) is 22.6 Å². The largest absolute Gasteiger partial charge is 0.423 e. The third-order valence-corrected chi connectivity index (χ3v) is 4.73. The smallest absolute Gasteiger partial charge is 0.298 e. The Morgan fingerprint density at radius 2 is 2.19 bits per heavy atom. The summed E-state index contributed by atoms with van der Waals surface area (Å²) in [4.78, 5) is 30.4. The Morgan fingerprint density at radius 3 is 2.96 bits per heavy atom. The van der Waals surface area contributed by atoms with E-state index in [1.54, 1.807) is 12.1 Å².